The molecule has 3 nitrogen and oxygen atoms in total. The first-order chi connectivity index (χ1) is 11.1. The van der Waals surface area contributed by atoms with Crippen LogP contribution in [-0.2, 0) is 14.3 Å². The third kappa shape index (κ3) is 6.01. The van der Waals surface area contributed by atoms with Crippen LogP contribution in [0.2, 0.25) is 19.6 Å². The summed E-state index contributed by atoms with van der Waals surface area (Å²) < 4.78 is 32.3. The lowest BCUT2D eigenvalue weighted by atomic mass is 9.82. The van der Waals surface area contributed by atoms with Crippen molar-refractivity contribution in [3.63, 3.8) is 0 Å². The van der Waals surface area contributed by atoms with Gasteiger partial charge in [-0.25, -0.2) is 8.42 Å². The highest BCUT2D eigenvalue weighted by molar-refractivity contribution is 7.91. The molecule has 0 aliphatic carbocycles. The normalized spacial score (nSPS) is 14.6. The van der Waals surface area contributed by atoms with Crippen molar-refractivity contribution in [2.24, 2.45) is 5.92 Å². The molecule has 0 saturated heterocycles. The first-order valence-electron chi connectivity index (χ1n) is 9.04. The zero-order valence-electron chi connectivity index (χ0n) is 16.1. The van der Waals surface area contributed by atoms with Gasteiger partial charge in [-0.3, -0.25) is 0 Å². The molecule has 0 radical (unpaired) electrons. The molecule has 5 heteroatoms. The summed E-state index contributed by atoms with van der Waals surface area (Å²) in [5, 5.41) is 0. The minimum atomic E-state index is -3.30. The number of rotatable bonds is 10. The van der Waals surface area contributed by atoms with Crippen LogP contribution in [0.4, 0.5) is 0 Å². The summed E-state index contributed by atoms with van der Waals surface area (Å²) in [6.45, 7) is 12.9. The molecular weight excluding hydrogens is 336 g/mol. The number of sulfone groups is 1. The van der Waals surface area contributed by atoms with Crippen LogP contribution in [0.25, 0.3) is 0 Å². The van der Waals surface area contributed by atoms with Crippen molar-refractivity contribution < 1.29 is 12.8 Å². The van der Waals surface area contributed by atoms with E-state index in [1.165, 1.54) is 0 Å². The van der Waals surface area contributed by atoms with Gasteiger partial charge in [0.15, 0.2) is 18.2 Å². The summed E-state index contributed by atoms with van der Waals surface area (Å²) in [7, 11) is -5.08. The summed E-state index contributed by atoms with van der Waals surface area (Å²) >= 11 is 0. The van der Waals surface area contributed by atoms with Crippen LogP contribution < -0.4 is 0 Å². The monoisotopic (exact) mass is 370 g/mol. The summed E-state index contributed by atoms with van der Waals surface area (Å²) in [6, 6.07) is 8.77. The van der Waals surface area contributed by atoms with Gasteiger partial charge in [0.2, 0.25) is 0 Å². The highest BCUT2D eigenvalue weighted by Crippen LogP contribution is 2.37. The molecule has 0 fully saturated rings. The van der Waals surface area contributed by atoms with Gasteiger partial charge in [0.25, 0.3) is 0 Å². The summed E-state index contributed by atoms with van der Waals surface area (Å²) in [5.74, 6) is 0.107. The fraction of sp³-hybridized carbons (Fsp3) is 0.684. The molecule has 0 aliphatic rings. The van der Waals surface area contributed by atoms with Gasteiger partial charge in [0.1, 0.15) is 0 Å². The molecule has 1 rings (SSSR count). The average molecular weight is 371 g/mol. The van der Waals surface area contributed by atoms with Crippen molar-refractivity contribution in [2.45, 2.75) is 76.6 Å². The lowest BCUT2D eigenvalue weighted by Crippen LogP contribution is -2.49. The SMILES string of the molecule is CCCC(CCC)(O[Si](C)(C)C)[C@@H](C)CS(=O)(=O)c1ccccc1. The Morgan fingerprint density at radius 3 is 1.96 bits per heavy atom. The number of benzene rings is 1. The predicted molar refractivity (Wildman–Crippen MR) is 105 cm³/mol. The molecule has 0 saturated carbocycles. The minimum absolute atomic E-state index is 0.0330. The maximum absolute atomic E-state index is 12.8. The molecule has 0 spiro atoms. The van der Waals surface area contributed by atoms with Gasteiger partial charge in [-0.2, -0.15) is 0 Å². The molecule has 1 aromatic carbocycles. The summed E-state index contributed by atoms with van der Waals surface area (Å²) in [4.78, 5) is 0.409. The Kier molecular flexibility index (Phi) is 7.69. The summed E-state index contributed by atoms with van der Waals surface area (Å²) in [6.07, 6.45) is 3.83. The molecule has 0 amide bonds. The molecule has 0 unspecified atom stereocenters. The second kappa shape index (κ2) is 8.63. The van der Waals surface area contributed by atoms with Gasteiger partial charge >= 0.3 is 0 Å². The molecular formula is C19H34O3SSi. The van der Waals surface area contributed by atoms with E-state index < -0.39 is 18.2 Å². The van der Waals surface area contributed by atoms with Crippen LogP contribution in [0.5, 0.6) is 0 Å². The number of hydrogen-bond donors (Lipinski definition) is 0. The standard InChI is InChI=1S/C19H34O3SSi/c1-7-14-19(15-8-2,22-24(4,5)6)17(3)16-23(20,21)18-12-10-9-11-13-18/h9-13,17H,7-8,14-16H2,1-6H3/t17-/m0/s1. The Morgan fingerprint density at radius 1 is 1.04 bits per heavy atom. The quantitative estimate of drug-likeness (QED) is 0.526. The smallest absolute Gasteiger partial charge is 0.184 e. The molecule has 1 atom stereocenters. The Bertz CT molecular complexity index is 585. The highest BCUT2D eigenvalue weighted by atomic mass is 32.2. The van der Waals surface area contributed by atoms with Gasteiger partial charge in [-0.15, -0.1) is 0 Å². The maximum atomic E-state index is 12.8. The van der Waals surface area contributed by atoms with Gasteiger partial charge in [0, 0.05) is 0 Å². The molecule has 0 heterocycles. The molecule has 1 aromatic rings. The van der Waals surface area contributed by atoms with Gasteiger partial charge < -0.3 is 4.43 Å². The van der Waals surface area contributed by atoms with E-state index in [2.05, 4.69) is 33.5 Å². The van der Waals surface area contributed by atoms with Crippen molar-refractivity contribution in [3.05, 3.63) is 30.3 Å². The second-order valence-electron chi connectivity index (χ2n) is 7.77. The van der Waals surface area contributed by atoms with Gasteiger partial charge in [-0.1, -0.05) is 51.8 Å². The third-order valence-electron chi connectivity index (χ3n) is 4.33. The lowest BCUT2D eigenvalue weighted by Gasteiger charge is -2.44. The fourth-order valence-electron chi connectivity index (χ4n) is 3.48. The minimum Gasteiger partial charge on any atom is -0.412 e. The Labute approximate surface area is 149 Å². The van der Waals surface area contributed by atoms with E-state index in [9.17, 15) is 8.42 Å². The predicted octanol–water partition coefficient (Wildman–Crippen LogP) is 5.29. The third-order valence-corrected chi connectivity index (χ3v) is 7.27. The van der Waals surface area contributed by atoms with Crippen LogP contribution in [0, 0.1) is 5.92 Å². The largest absolute Gasteiger partial charge is 0.412 e. The van der Waals surface area contributed by atoms with E-state index in [1.54, 1.807) is 24.3 Å². The van der Waals surface area contributed by atoms with Crippen molar-refractivity contribution in [3.8, 4) is 0 Å². The number of hydrogen-bond acceptors (Lipinski definition) is 3. The molecule has 24 heavy (non-hydrogen) atoms. The van der Waals surface area contributed by atoms with E-state index in [-0.39, 0.29) is 17.3 Å². The van der Waals surface area contributed by atoms with Crippen LogP contribution >= 0.6 is 0 Å². The Morgan fingerprint density at radius 2 is 1.54 bits per heavy atom. The van der Waals surface area contributed by atoms with Crippen molar-refractivity contribution >= 4 is 18.2 Å². The van der Waals surface area contributed by atoms with E-state index in [1.807, 2.05) is 13.0 Å². The topological polar surface area (TPSA) is 43.4 Å². The van der Waals surface area contributed by atoms with Crippen molar-refractivity contribution in [1.82, 2.24) is 0 Å². The fourth-order valence-corrected chi connectivity index (χ4v) is 6.83. The molecule has 138 valence electrons. The summed E-state index contributed by atoms with van der Waals surface area (Å²) in [5.41, 5.74) is -0.337. The lowest BCUT2D eigenvalue weighted by molar-refractivity contribution is -0.00245. The zero-order chi connectivity index (χ0) is 18.4. The van der Waals surface area contributed by atoms with Crippen LogP contribution in [-0.4, -0.2) is 28.1 Å². The van der Waals surface area contributed by atoms with Crippen LogP contribution in [0.15, 0.2) is 35.2 Å². The molecule has 0 aromatic heterocycles. The molecule has 0 N–H and O–H groups in total. The first kappa shape index (κ1) is 21.4. The van der Waals surface area contributed by atoms with E-state index in [0.717, 1.165) is 25.7 Å². The zero-order valence-corrected chi connectivity index (χ0v) is 17.9. The van der Waals surface area contributed by atoms with E-state index in [4.69, 9.17) is 4.43 Å². The second-order valence-corrected chi connectivity index (χ2v) is 14.2. The van der Waals surface area contributed by atoms with E-state index in [0.29, 0.717) is 4.90 Å². The Hall–Kier alpha value is -0.653. The van der Waals surface area contributed by atoms with Gasteiger partial charge in [0.05, 0.1) is 16.2 Å². The van der Waals surface area contributed by atoms with E-state index >= 15 is 0 Å². The van der Waals surface area contributed by atoms with Gasteiger partial charge in [-0.05, 0) is 50.5 Å². The van der Waals surface area contributed by atoms with Crippen molar-refractivity contribution in [2.75, 3.05) is 5.75 Å². The highest BCUT2D eigenvalue weighted by Gasteiger charge is 2.41. The van der Waals surface area contributed by atoms with Crippen LogP contribution in [0.3, 0.4) is 0 Å². The Balaban J connectivity index is 3.13. The average Bonchev–Trinajstić information content (AvgIpc) is 2.46. The first-order valence-corrected chi connectivity index (χ1v) is 14.1. The van der Waals surface area contributed by atoms with Crippen molar-refractivity contribution in [1.29, 1.82) is 0 Å². The maximum Gasteiger partial charge on any atom is 0.184 e. The molecule has 0 aliphatic heterocycles. The van der Waals surface area contributed by atoms with Crippen LogP contribution in [0.1, 0.15) is 46.5 Å². The molecule has 0 bridgehead atoms.